The molecule has 1 amide bonds. The van der Waals surface area contributed by atoms with E-state index in [0.717, 1.165) is 0 Å². The van der Waals surface area contributed by atoms with Crippen LogP contribution in [0.4, 0.5) is 0 Å². The van der Waals surface area contributed by atoms with Gasteiger partial charge in [-0.05, 0) is 26.3 Å². The second-order valence-electron chi connectivity index (χ2n) is 5.04. The summed E-state index contributed by atoms with van der Waals surface area (Å²) in [5, 5.41) is 12.8. The number of carbonyl (C=O) groups excluding carboxylic acids is 1. The molecular formula is C14H19NO2. The van der Waals surface area contributed by atoms with E-state index >= 15 is 0 Å². The van der Waals surface area contributed by atoms with Crippen molar-refractivity contribution in [3.63, 3.8) is 0 Å². The standard InChI is InChI=1S/C14H19NO2/c1-10(13(17)15-14(2,3)4)12(16)11-8-6-5-7-9-11/h5-9,12,16H,1H2,2-4H3,(H,15,17). The Morgan fingerprint density at radius 1 is 1.29 bits per heavy atom. The zero-order valence-electron chi connectivity index (χ0n) is 10.5. The molecule has 0 heterocycles. The number of hydrogen-bond acceptors (Lipinski definition) is 2. The molecule has 1 aromatic rings. The summed E-state index contributed by atoms with van der Waals surface area (Å²) >= 11 is 0. The Bertz CT molecular complexity index is 404. The van der Waals surface area contributed by atoms with Crippen molar-refractivity contribution in [3.05, 3.63) is 48.0 Å². The second kappa shape index (κ2) is 5.15. The average Bonchev–Trinajstić information content (AvgIpc) is 2.26. The molecule has 3 nitrogen and oxygen atoms in total. The first kappa shape index (κ1) is 13.5. The topological polar surface area (TPSA) is 49.3 Å². The molecule has 0 fully saturated rings. The summed E-state index contributed by atoms with van der Waals surface area (Å²) in [4.78, 5) is 11.8. The van der Waals surface area contributed by atoms with Gasteiger partial charge < -0.3 is 10.4 Å². The molecule has 0 aliphatic rings. The van der Waals surface area contributed by atoms with Crippen LogP contribution in [0.5, 0.6) is 0 Å². The lowest BCUT2D eigenvalue weighted by Crippen LogP contribution is -2.42. The van der Waals surface area contributed by atoms with E-state index in [1.165, 1.54) is 0 Å². The van der Waals surface area contributed by atoms with Crippen molar-refractivity contribution in [2.75, 3.05) is 0 Å². The molecule has 0 radical (unpaired) electrons. The van der Waals surface area contributed by atoms with E-state index in [2.05, 4.69) is 11.9 Å². The fraction of sp³-hybridized carbons (Fsp3) is 0.357. The van der Waals surface area contributed by atoms with Gasteiger partial charge in [0.15, 0.2) is 0 Å². The van der Waals surface area contributed by atoms with Crippen LogP contribution in [-0.2, 0) is 4.79 Å². The van der Waals surface area contributed by atoms with Gasteiger partial charge >= 0.3 is 0 Å². The van der Waals surface area contributed by atoms with Gasteiger partial charge in [-0.3, -0.25) is 4.79 Å². The van der Waals surface area contributed by atoms with E-state index in [9.17, 15) is 9.90 Å². The first-order valence-electron chi connectivity index (χ1n) is 5.55. The SMILES string of the molecule is C=C(C(=O)NC(C)(C)C)C(O)c1ccccc1. The number of benzene rings is 1. The van der Waals surface area contributed by atoms with Gasteiger partial charge in [0.1, 0.15) is 6.10 Å². The van der Waals surface area contributed by atoms with Crippen LogP contribution in [0.25, 0.3) is 0 Å². The molecule has 1 unspecified atom stereocenters. The van der Waals surface area contributed by atoms with Crippen LogP contribution in [0.2, 0.25) is 0 Å². The van der Waals surface area contributed by atoms with E-state index < -0.39 is 6.10 Å². The normalized spacial score (nSPS) is 12.9. The summed E-state index contributed by atoms with van der Waals surface area (Å²) < 4.78 is 0. The Kier molecular flexibility index (Phi) is 4.07. The zero-order chi connectivity index (χ0) is 13.1. The van der Waals surface area contributed by atoms with Crippen LogP contribution < -0.4 is 5.32 Å². The average molecular weight is 233 g/mol. The minimum absolute atomic E-state index is 0.158. The molecule has 0 spiro atoms. The number of aliphatic hydroxyl groups is 1. The van der Waals surface area contributed by atoms with Gasteiger partial charge in [0.2, 0.25) is 5.91 Å². The Hall–Kier alpha value is -1.61. The van der Waals surface area contributed by atoms with Gasteiger partial charge in [-0.2, -0.15) is 0 Å². The number of amides is 1. The fourth-order valence-corrected chi connectivity index (χ4v) is 1.38. The number of carbonyl (C=O) groups is 1. The van der Waals surface area contributed by atoms with E-state index in [1.807, 2.05) is 39.0 Å². The summed E-state index contributed by atoms with van der Waals surface area (Å²) in [6.45, 7) is 9.30. The van der Waals surface area contributed by atoms with Crippen molar-refractivity contribution in [2.24, 2.45) is 0 Å². The van der Waals surface area contributed by atoms with Crippen LogP contribution >= 0.6 is 0 Å². The second-order valence-corrected chi connectivity index (χ2v) is 5.04. The molecule has 92 valence electrons. The summed E-state index contributed by atoms with van der Waals surface area (Å²) in [7, 11) is 0. The summed E-state index contributed by atoms with van der Waals surface area (Å²) in [6.07, 6.45) is -0.960. The van der Waals surface area contributed by atoms with Crippen molar-refractivity contribution < 1.29 is 9.90 Å². The molecular weight excluding hydrogens is 214 g/mol. The third-order valence-corrected chi connectivity index (χ3v) is 2.23. The van der Waals surface area contributed by atoms with Crippen molar-refractivity contribution in [1.82, 2.24) is 5.32 Å². The third kappa shape index (κ3) is 4.04. The van der Waals surface area contributed by atoms with Gasteiger partial charge in [0.25, 0.3) is 0 Å². The highest BCUT2D eigenvalue weighted by molar-refractivity contribution is 5.94. The van der Waals surface area contributed by atoms with Crippen molar-refractivity contribution >= 4 is 5.91 Å². The lowest BCUT2D eigenvalue weighted by Gasteiger charge is -2.23. The number of nitrogens with one attached hydrogen (secondary N) is 1. The molecule has 2 N–H and O–H groups in total. The first-order valence-corrected chi connectivity index (χ1v) is 5.55. The fourth-order valence-electron chi connectivity index (χ4n) is 1.38. The smallest absolute Gasteiger partial charge is 0.249 e. The van der Waals surface area contributed by atoms with Gasteiger partial charge in [0, 0.05) is 11.1 Å². The van der Waals surface area contributed by atoms with E-state index in [1.54, 1.807) is 12.1 Å². The van der Waals surface area contributed by atoms with Crippen molar-refractivity contribution in [1.29, 1.82) is 0 Å². The number of aliphatic hydroxyl groups excluding tert-OH is 1. The lowest BCUT2D eigenvalue weighted by atomic mass is 10.0. The van der Waals surface area contributed by atoms with E-state index in [4.69, 9.17) is 0 Å². The molecule has 1 atom stereocenters. The van der Waals surface area contributed by atoms with Crippen molar-refractivity contribution in [3.8, 4) is 0 Å². The van der Waals surface area contributed by atoms with Gasteiger partial charge in [0.05, 0.1) is 0 Å². The zero-order valence-corrected chi connectivity index (χ0v) is 10.5. The maximum absolute atomic E-state index is 11.8. The van der Waals surface area contributed by atoms with Crippen LogP contribution in [-0.4, -0.2) is 16.6 Å². The molecule has 0 saturated carbocycles. The summed E-state index contributed by atoms with van der Waals surface area (Å²) in [6, 6.07) is 9.01. The number of hydrogen-bond donors (Lipinski definition) is 2. The molecule has 3 heteroatoms. The van der Waals surface area contributed by atoms with Gasteiger partial charge in [-0.25, -0.2) is 0 Å². The predicted molar refractivity (Wildman–Crippen MR) is 68.4 cm³/mol. The maximum Gasteiger partial charge on any atom is 0.249 e. The molecule has 0 saturated heterocycles. The van der Waals surface area contributed by atoms with Gasteiger partial charge in [-0.1, -0.05) is 36.9 Å². The highest BCUT2D eigenvalue weighted by Gasteiger charge is 2.21. The molecule has 0 aliphatic heterocycles. The molecule has 17 heavy (non-hydrogen) atoms. The minimum Gasteiger partial charge on any atom is -0.383 e. The van der Waals surface area contributed by atoms with Crippen LogP contribution in [0, 0.1) is 0 Å². The van der Waals surface area contributed by atoms with Crippen LogP contribution in [0.15, 0.2) is 42.5 Å². The quantitative estimate of drug-likeness (QED) is 0.786. The Balaban J connectivity index is 2.74. The molecule has 0 bridgehead atoms. The monoisotopic (exact) mass is 233 g/mol. The Labute approximate surface area is 102 Å². The third-order valence-electron chi connectivity index (χ3n) is 2.23. The van der Waals surface area contributed by atoms with E-state index in [0.29, 0.717) is 5.56 Å². The Morgan fingerprint density at radius 3 is 2.29 bits per heavy atom. The van der Waals surface area contributed by atoms with E-state index in [-0.39, 0.29) is 17.0 Å². The molecule has 0 aromatic heterocycles. The minimum atomic E-state index is -0.960. The summed E-state index contributed by atoms with van der Waals surface area (Å²) in [5.41, 5.74) is 0.490. The van der Waals surface area contributed by atoms with Gasteiger partial charge in [-0.15, -0.1) is 0 Å². The number of rotatable bonds is 3. The molecule has 0 aliphatic carbocycles. The first-order chi connectivity index (χ1) is 7.81. The van der Waals surface area contributed by atoms with Crippen molar-refractivity contribution in [2.45, 2.75) is 32.4 Å². The van der Waals surface area contributed by atoms with Crippen LogP contribution in [0.1, 0.15) is 32.4 Å². The highest BCUT2D eigenvalue weighted by atomic mass is 16.3. The maximum atomic E-state index is 11.8. The molecule has 1 aromatic carbocycles. The summed E-state index contributed by atoms with van der Waals surface area (Å²) in [5.74, 6) is -0.325. The predicted octanol–water partition coefficient (Wildman–Crippen LogP) is 2.19. The highest BCUT2D eigenvalue weighted by Crippen LogP contribution is 2.20. The molecule has 1 rings (SSSR count). The lowest BCUT2D eigenvalue weighted by molar-refractivity contribution is -0.119. The largest absolute Gasteiger partial charge is 0.383 e. The Morgan fingerprint density at radius 2 is 1.82 bits per heavy atom. The van der Waals surface area contributed by atoms with Crippen LogP contribution in [0.3, 0.4) is 0 Å².